The molecule has 5 nitrogen and oxygen atoms in total. The molecule has 0 fully saturated rings. The van der Waals surface area contributed by atoms with E-state index in [-0.39, 0.29) is 0 Å². The van der Waals surface area contributed by atoms with E-state index in [1.807, 2.05) is 20.8 Å². The fraction of sp³-hybridized carbons (Fsp3) is 0.875. The Morgan fingerprint density at radius 2 is 1.29 bits per heavy atom. The van der Waals surface area contributed by atoms with E-state index in [1.54, 1.807) is 0 Å². The molecular weight excluding hydrogens is 204 g/mol. The van der Waals surface area contributed by atoms with Crippen molar-refractivity contribution < 1.29 is 23.2 Å². The van der Waals surface area contributed by atoms with Crippen LogP contribution in [-0.4, -0.2) is 40.4 Å². The summed E-state index contributed by atoms with van der Waals surface area (Å²) in [5, 5.41) is 7.42. The minimum atomic E-state index is -1.73. The summed E-state index contributed by atoms with van der Waals surface area (Å²) in [7, 11) is -1.73. The van der Waals surface area contributed by atoms with E-state index in [0.29, 0.717) is 19.8 Å². The normalized spacial score (nSPS) is 9.50. The SMILES string of the molecule is CC(=O)O.CCO[SiH](OCC)OCC. The van der Waals surface area contributed by atoms with Crippen LogP contribution in [0.2, 0.25) is 0 Å². The molecule has 0 aromatic heterocycles. The first kappa shape index (κ1) is 16.0. The Labute approximate surface area is 86.9 Å². The number of rotatable bonds is 6. The van der Waals surface area contributed by atoms with Crippen molar-refractivity contribution >= 4 is 15.5 Å². The Kier molecular flexibility index (Phi) is 14.4. The largest absolute Gasteiger partial charge is 0.484 e. The minimum Gasteiger partial charge on any atom is -0.481 e. The Morgan fingerprint density at radius 3 is 1.43 bits per heavy atom. The first-order chi connectivity index (χ1) is 6.58. The number of carbonyl (C=O) groups is 1. The Morgan fingerprint density at radius 1 is 1.07 bits per heavy atom. The maximum absolute atomic E-state index is 9.00. The topological polar surface area (TPSA) is 65.0 Å². The van der Waals surface area contributed by atoms with Crippen LogP contribution in [0.15, 0.2) is 0 Å². The standard InChI is InChI=1S/C6H16O3Si.C2H4O2/c1-4-7-10(8-5-2)9-6-3;1-2(3)4/h10H,4-6H2,1-3H3;1H3,(H,3,4). The molecule has 1 N–H and O–H groups in total. The average Bonchev–Trinajstić information content (AvgIpc) is 2.04. The number of carboxylic acid groups (broad SMARTS) is 1. The average molecular weight is 224 g/mol. The lowest BCUT2D eigenvalue weighted by Crippen LogP contribution is -2.27. The summed E-state index contributed by atoms with van der Waals surface area (Å²) in [4.78, 5) is 9.00. The molecule has 0 saturated carbocycles. The first-order valence-corrected chi connectivity index (χ1v) is 6.04. The zero-order valence-corrected chi connectivity index (χ0v) is 10.4. The van der Waals surface area contributed by atoms with Crippen molar-refractivity contribution in [2.45, 2.75) is 27.7 Å². The van der Waals surface area contributed by atoms with Gasteiger partial charge in [-0.15, -0.1) is 0 Å². The maximum Gasteiger partial charge on any atom is 0.484 e. The highest BCUT2D eigenvalue weighted by Crippen LogP contribution is 1.90. The van der Waals surface area contributed by atoms with E-state index in [4.69, 9.17) is 23.2 Å². The van der Waals surface area contributed by atoms with E-state index in [0.717, 1.165) is 6.92 Å². The summed E-state index contributed by atoms with van der Waals surface area (Å²) >= 11 is 0. The van der Waals surface area contributed by atoms with Crippen LogP contribution in [0.5, 0.6) is 0 Å². The van der Waals surface area contributed by atoms with Gasteiger partial charge in [-0.25, -0.2) is 0 Å². The Bertz CT molecular complexity index is 113. The fourth-order valence-electron chi connectivity index (χ4n) is 0.553. The zero-order chi connectivity index (χ0) is 11.4. The molecule has 86 valence electrons. The Balaban J connectivity index is 0. The number of carboxylic acids is 1. The van der Waals surface area contributed by atoms with Crippen molar-refractivity contribution in [3.05, 3.63) is 0 Å². The second-order valence-electron chi connectivity index (χ2n) is 2.17. The van der Waals surface area contributed by atoms with Crippen LogP contribution in [0.4, 0.5) is 0 Å². The van der Waals surface area contributed by atoms with Gasteiger partial charge in [0.05, 0.1) is 0 Å². The molecule has 0 aromatic carbocycles. The molecule has 0 aliphatic carbocycles. The first-order valence-electron chi connectivity index (χ1n) is 4.62. The van der Waals surface area contributed by atoms with Crippen LogP contribution < -0.4 is 0 Å². The predicted molar refractivity (Wildman–Crippen MR) is 55.3 cm³/mol. The van der Waals surface area contributed by atoms with E-state index >= 15 is 0 Å². The highest BCUT2D eigenvalue weighted by Gasteiger charge is 2.11. The fourth-order valence-corrected chi connectivity index (χ4v) is 1.66. The zero-order valence-electron chi connectivity index (χ0n) is 9.28. The highest BCUT2D eigenvalue weighted by atomic mass is 28.3. The number of aliphatic carboxylic acids is 1. The van der Waals surface area contributed by atoms with Crippen LogP contribution in [0.25, 0.3) is 0 Å². The van der Waals surface area contributed by atoms with Gasteiger partial charge in [-0.2, -0.15) is 0 Å². The summed E-state index contributed by atoms with van der Waals surface area (Å²) in [5.41, 5.74) is 0. The molecule has 0 heterocycles. The van der Waals surface area contributed by atoms with Gasteiger partial charge in [0.1, 0.15) is 0 Å². The molecule has 0 spiro atoms. The van der Waals surface area contributed by atoms with E-state index in [1.165, 1.54) is 0 Å². The molecule has 0 aliphatic rings. The third-order valence-corrected chi connectivity index (χ3v) is 2.72. The summed E-state index contributed by atoms with van der Waals surface area (Å²) in [6, 6.07) is 0. The lowest BCUT2D eigenvalue weighted by molar-refractivity contribution is -0.134. The smallest absolute Gasteiger partial charge is 0.481 e. The molecule has 0 aliphatic heterocycles. The van der Waals surface area contributed by atoms with Gasteiger partial charge in [-0.05, 0) is 20.8 Å². The molecule has 0 aromatic rings. The molecule has 6 heteroatoms. The van der Waals surface area contributed by atoms with Gasteiger partial charge in [0.15, 0.2) is 0 Å². The Hall–Kier alpha value is -0.433. The third-order valence-electron chi connectivity index (χ3n) is 0.908. The predicted octanol–water partition coefficient (Wildman–Crippen LogP) is 0.904. The summed E-state index contributed by atoms with van der Waals surface area (Å²) in [5.74, 6) is -0.833. The molecule has 14 heavy (non-hydrogen) atoms. The van der Waals surface area contributed by atoms with E-state index in [9.17, 15) is 0 Å². The van der Waals surface area contributed by atoms with Crippen molar-refractivity contribution in [1.29, 1.82) is 0 Å². The molecule has 0 radical (unpaired) electrons. The van der Waals surface area contributed by atoms with Gasteiger partial charge < -0.3 is 18.4 Å². The maximum atomic E-state index is 9.00. The van der Waals surface area contributed by atoms with Crippen molar-refractivity contribution in [2.75, 3.05) is 19.8 Å². The van der Waals surface area contributed by atoms with Crippen molar-refractivity contribution in [2.24, 2.45) is 0 Å². The van der Waals surface area contributed by atoms with Gasteiger partial charge >= 0.3 is 9.53 Å². The van der Waals surface area contributed by atoms with Crippen molar-refractivity contribution in [1.82, 2.24) is 0 Å². The van der Waals surface area contributed by atoms with Gasteiger partial charge in [0.25, 0.3) is 5.97 Å². The van der Waals surface area contributed by atoms with Crippen LogP contribution in [-0.2, 0) is 18.1 Å². The van der Waals surface area contributed by atoms with Gasteiger partial charge in [-0.3, -0.25) is 4.79 Å². The second-order valence-corrected chi connectivity index (χ2v) is 3.75. The lowest BCUT2D eigenvalue weighted by atomic mass is 10.9. The second kappa shape index (κ2) is 12.6. The van der Waals surface area contributed by atoms with E-state index < -0.39 is 15.5 Å². The molecular formula is C8H20O5Si. The monoisotopic (exact) mass is 224 g/mol. The highest BCUT2D eigenvalue weighted by molar-refractivity contribution is 6.36. The molecule has 0 amide bonds. The van der Waals surface area contributed by atoms with Gasteiger partial charge in [0.2, 0.25) is 0 Å². The van der Waals surface area contributed by atoms with Gasteiger partial charge in [0, 0.05) is 26.7 Å². The molecule has 0 unspecified atom stereocenters. The van der Waals surface area contributed by atoms with Crippen LogP contribution in [0, 0.1) is 0 Å². The summed E-state index contributed by atoms with van der Waals surface area (Å²) in [6.07, 6.45) is 0. The quantitative estimate of drug-likeness (QED) is 0.679. The van der Waals surface area contributed by atoms with Crippen molar-refractivity contribution in [3.63, 3.8) is 0 Å². The number of hydrogen-bond donors (Lipinski definition) is 1. The third kappa shape index (κ3) is 17.6. The van der Waals surface area contributed by atoms with Crippen LogP contribution >= 0.6 is 0 Å². The van der Waals surface area contributed by atoms with Crippen LogP contribution in [0.1, 0.15) is 27.7 Å². The minimum absolute atomic E-state index is 0.677. The van der Waals surface area contributed by atoms with Crippen molar-refractivity contribution in [3.8, 4) is 0 Å². The van der Waals surface area contributed by atoms with Crippen LogP contribution in [0.3, 0.4) is 0 Å². The van der Waals surface area contributed by atoms with Gasteiger partial charge in [-0.1, -0.05) is 0 Å². The summed E-state index contributed by atoms with van der Waals surface area (Å²) in [6.45, 7) is 8.94. The molecule has 0 atom stereocenters. The molecule has 0 rings (SSSR count). The molecule has 0 bridgehead atoms. The lowest BCUT2D eigenvalue weighted by Gasteiger charge is -2.12. The molecule has 0 saturated heterocycles. The number of hydrogen-bond acceptors (Lipinski definition) is 4. The summed E-state index contributed by atoms with van der Waals surface area (Å²) < 4.78 is 15.7. The van der Waals surface area contributed by atoms with E-state index in [2.05, 4.69) is 0 Å².